The maximum atomic E-state index is 6.05. The highest BCUT2D eigenvalue weighted by atomic mass is 16.5. The Kier molecular flexibility index (Phi) is 6.02. The number of methoxy groups -OCH3 is 1. The second-order valence-corrected chi connectivity index (χ2v) is 5.84. The lowest BCUT2D eigenvalue weighted by molar-refractivity contribution is 0.124. The molecule has 1 aromatic carbocycles. The zero-order valence-corrected chi connectivity index (χ0v) is 12.8. The van der Waals surface area contributed by atoms with Crippen LogP contribution < -0.4 is 5.73 Å². The van der Waals surface area contributed by atoms with E-state index in [9.17, 15) is 0 Å². The van der Waals surface area contributed by atoms with E-state index in [1.54, 1.807) is 7.11 Å². The van der Waals surface area contributed by atoms with Crippen molar-refractivity contribution < 1.29 is 4.74 Å². The molecular formula is C17H28N2O. The minimum absolute atomic E-state index is 0.362. The van der Waals surface area contributed by atoms with Gasteiger partial charge in [-0.3, -0.25) is 4.90 Å². The molecule has 0 aliphatic carbocycles. The van der Waals surface area contributed by atoms with Crippen molar-refractivity contribution in [2.45, 2.75) is 38.8 Å². The molecule has 1 aromatic rings. The van der Waals surface area contributed by atoms with Gasteiger partial charge in [0.15, 0.2) is 0 Å². The predicted octanol–water partition coefficient (Wildman–Crippen LogP) is 2.95. The first kappa shape index (κ1) is 15.5. The number of benzene rings is 1. The molecule has 2 N–H and O–H groups in total. The number of piperidine rings is 1. The second kappa shape index (κ2) is 7.77. The molecular weight excluding hydrogens is 248 g/mol. The SMILES string of the molecule is CCC1CCCN(C(CN)c2ccc(COC)cc2)C1. The summed E-state index contributed by atoms with van der Waals surface area (Å²) in [7, 11) is 1.73. The molecule has 1 aliphatic rings. The van der Waals surface area contributed by atoms with Gasteiger partial charge >= 0.3 is 0 Å². The summed E-state index contributed by atoms with van der Waals surface area (Å²) in [5, 5.41) is 0. The number of ether oxygens (including phenoxy) is 1. The van der Waals surface area contributed by atoms with Crippen LogP contribution in [0, 0.1) is 5.92 Å². The third-order valence-electron chi connectivity index (χ3n) is 4.47. The molecule has 2 rings (SSSR count). The van der Waals surface area contributed by atoms with Gasteiger partial charge in [-0.2, -0.15) is 0 Å². The van der Waals surface area contributed by atoms with Crippen LogP contribution in [-0.4, -0.2) is 31.6 Å². The lowest BCUT2D eigenvalue weighted by atomic mass is 9.93. The van der Waals surface area contributed by atoms with Crippen molar-refractivity contribution in [3.8, 4) is 0 Å². The number of rotatable bonds is 6. The average molecular weight is 276 g/mol. The molecule has 2 atom stereocenters. The normalized spacial score (nSPS) is 21.9. The van der Waals surface area contributed by atoms with Gasteiger partial charge < -0.3 is 10.5 Å². The van der Waals surface area contributed by atoms with Crippen molar-refractivity contribution in [2.75, 3.05) is 26.7 Å². The summed E-state index contributed by atoms with van der Waals surface area (Å²) in [5.74, 6) is 0.838. The molecule has 1 aliphatic heterocycles. The van der Waals surface area contributed by atoms with Crippen LogP contribution in [0.2, 0.25) is 0 Å². The molecule has 1 heterocycles. The van der Waals surface area contributed by atoms with E-state index in [4.69, 9.17) is 10.5 Å². The first-order valence-corrected chi connectivity index (χ1v) is 7.80. The second-order valence-electron chi connectivity index (χ2n) is 5.84. The Morgan fingerprint density at radius 3 is 2.70 bits per heavy atom. The summed E-state index contributed by atoms with van der Waals surface area (Å²) in [6.45, 7) is 6.04. The third-order valence-corrected chi connectivity index (χ3v) is 4.47. The monoisotopic (exact) mass is 276 g/mol. The Labute approximate surface area is 123 Å². The largest absolute Gasteiger partial charge is 0.380 e. The van der Waals surface area contributed by atoms with Gasteiger partial charge in [0.2, 0.25) is 0 Å². The molecule has 2 unspecified atom stereocenters. The summed E-state index contributed by atoms with van der Waals surface area (Å²) in [6.07, 6.45) is 3.95. The predicted molar refractivity (Wildman–Crippen MR) is 83.5 cm³/mol. The molecule has 0 spiro atoms. The van der Waals surface area contributed by atoms with Crippen LogP contribution in [0.15, 0.2) is 24.3 Å². The van der Waals surface area contributed by atoms with Crippen LogP contribution >= 0.6 is 0 Å². The summed E-state index contributed by atoms with van der Waals surface area (Å²) in [6, 6.07) is 9.09. The fourth-order valence-corrected chi connectivity index (χ4v) is 3.21. The summed E-state index contributed by atoms with van der Waals surface area (Å²) < 4.78 is 5.16. The van der Waals surface area contributed by atoms with Gasteiger partial charge in [0.1, 0.15) is 0 Å². The first-order chi connectivity index (χ1) is 9.78. The van der Waals surface area contributed by atoms with Crippen LogP contribution in [0.3, 0.4) is 0 Å². The number of nitrogens with zero attached hydrogens (tertiary/aromatic N) is 1. The van der Waals surface area contributed by atoms with Gasteiger partial charge in [-0.05, 0) is 36.4 Å². The molecule has 0 radical (unpaired) electrons. The van der Waals surface area contributed by atoms with Crippen molar-refractivity contribution in [1.29, 1.82) is 0 Å². The van der Waals surface area contributed by atoms with Gasteiger partial charge in [0.05, 0.1) is 6.61 Å². The Hall–Kier alpha value is -0.900. The molecule has 0 bridgehead atoms. The Morgan fingerprint density at radius 1 is 1.35 bits per heavy atom. The van der Waals surface area contributed by atoms with E-state index in [1.807, 2.05) is 0 Å². The van der Waals surface area contributed by atoms with Crippen molar-refractivity contribution in [3.63, 3.8) is 0 Å². The van der Waals surface area contributed by atoms with E-state index >= 15 is 0 Å². The average Bonchev–Trinajstić information content (AvgIpc) is 2.50. The highest BCUT2D eigenvalue weighted by Gasteiger charge is 2.25. The Morgan fingerprint density at radius 2 is 2.10 bits per heavy atom. The van der Waals surface area contributed by atoms with Crippen LogP contribution in [0.1, 0.15) is 43.4 Å². The molecule has 0 amide bonds. The zero-order chi connectivity index (χ0) is 14.4. The molecule has 0 aromatic heterocycles. The molecule has 112 valence electrons. The fourth-order valence-electron chi connectivity index (χ4n) is 3.21. The Balaban J connectivity index is 2.06. The van der Waals surface area contributed by atoms with Crippen LogP contribution in [0.4, 0.5) is 0 Å². The highest BCUT2D eigenvalue weighted by molar-refractivity contribution is 5.25. The smallest absolute Gasteiger partial charge is 0.0713 e. The van der Waals surface area contributed by atoms with E-state index in [2.05, 4.69) is 36.1 Å². The van der Waals surface area contributed by atoms with Crippen LogP contribution in [0.5, 0.6) is 0 Å². The van der Waals surface area contributed by atoms with E-state index in [0.29, 0.717) is 19.2 Å². The molecule has 0 saturated carbocycles. The van der Waals surface area contributed by atoms with E-state index in [-0.39, 0.29) is 0 Å². The maximum absolute atomic E-state index is 6.05. The van der Waals surface area contributed by atoms with Crippen molar-refractivity contribution >= 4 is 0 Å². The molecule has 3 nitrogen and oxygen atoms in total. The standard InChI is InChI=1S/C17H28N2O/c1-3-14-5-4-10-19(12-14)17(11-18)16-8-6-15(7-9-16)13-20-2/h6-9,14,17H,3-5,10-13,18H2,1-2H3. The van der Waals surface area contributed by atoms with Crippen molar-refractivity contribution in [3.05, 3.63) is 35.4 Å². The van der Waals surface area contributed by atoms with Gasteiger partial charge in [-0.1, -0.05) is 37.6 Å². The van der Waals surface area contributed by atoms with Gasteiger partial charge in [-0.25, -0.2) is 0 Å². The topological polar surface area (TPSA) is 38.5 Å². The first-order valence-electron chi connectivity index (χ1n) is 7.80. The van der Waals surface area contributed by atoms with Crippen LogP contribution in [-0.2, 0) is 11.3 Å². The number of hydrogen-bond donors (Lipinski definition) is 1. The summed E-state index contributed by atoms with van der Waals surface area (Å²) in [4.78, 5) is 2.57. The van der Waals surface area contributed by atoms with E-state index in [1.165, 1.54) is 43.5 Å². The van der Waals surface area contributed by atoms with Crippen molar-refractivity contribution in [1.82, 2.24) is 4.90 Å². The maximum Gasteiger partial charge on any atom is 0.0713 e. The third kappa shape index (κ3) is 3.81. The van der Waals surface area contributed by atoms with Crippen molar-refractivity contribution in [2.24, 2.45) is 11.7 Å². The van der Waals surface area contributed by atoms with Gasteiger partial charge in [0, 0.05) is 26.2 Å². The lowest BCUT2D eigenvalue weighted by Gasteiger charge is -2.38. The van der Waals surface area contributed by atoms with E-state index < -0.39 is 0 Å². The molecule has 20 heavy (non-hydrogen) atoms. The quantitative estimate of drug-likeness (QED) is 0.868. The lowest BCUT2D eigenvalue weighted by Crippen LogP contribution is -2.40. The molecule has 3 heteroatoms. The summed E-state index contributed by atoms with van der Waals surface area (Å²) in [5.41, 5.74) is 8.61. The van der Waals surface area contributed by atoms with Gasteiger partial charge in [-0.15, -0.1) is 0 Å². The Bertz CT molecular complexity index is 390. The molecule has 1 fully saturated rings. The fraction of sp³-hybridized carbons (Fsp3) is 0.647. The van der Waals surface area contributed by atoms with Gasteiger partial charge in [0.25, 0.3) is 0 Å². The zero-order valence-electron chi connectivity index (χ0n) is 12.8. The molecule has 1 saturated heterocycles. The number of hydrogen-bond acceptors (Lipinski definition) is 3. The minimum atomic E-state index is 0.362. The van der Waals surface area contributed by atoms with E-state index in [0.717, 1.165) is 5.92 Å². The highest BCUT2D eigenvalue weighted by Crippen LogP contribution is 2.27. The van der Waals surface area contributed by atoms with Crippen LogP contribution in [0.25, 0.3) is 0 Å². The minimum Gasteiger partial charge on any atom is -0.380 e. The number of nitrogens with two attached hydrogens (primary N) is 1. The summed E-state index contributed by atoms with van der Waals surface area (Å²) >= 11 is 0. The number of likely N-dealkylation sites (tertiary alicyclic amines) is 1.